The zero-order valence-corrected chi connectivity index (χ0v) is 9.24. The maximum absolute atomic E-state index is 13.3. The number of methoxy groups -OCH3 is 1. The predicted octanol–water partition coefficient (Wildman–Crippen LogP) is 1.98. The highest BCUT2D eigenvalue weighted by molar-refractivity contribution is 5.18. The third-order valence-electron chi connectivity index (χ3n) is 2.57. The van der Waals surface area contributed by atoms with E-state index in [0.717, 1.165) is 0 Å². The minimum Gasteiger partial charge on any atom is -0.384 e. The van der Waals surface area contributed by atoms with E-state index in [4.69, 9.17) is 10.5 Å². The molecular formula is C12H18FNO. The standard InChI is InChI=1S/C12H18FNO/c1-9(8-15-2)12(14)7-10-5-3-4-6-11(10)13/h3-6,9,12H,7-8,14H2,1-2H3. The number of rotatable bonds is 5. The van der Waals surface area contributed by atoms with Gasteiger partial charge in [0.1, 0.15) is 5.82 Å². The Morgan fingerprint density at radius 3 is 2.67 bits per heavy atom. The van der Waals surface area contributed by atoms with Crippen LogP contribution >= 0.6 is 0 Å². The normalized spacial score (nSPS) is 14.9. The van der Waals surface area contributed by atoms with Crippen molar-refractivity contribution in [2.24, 2.45) is 11.7 Å². The first kappa shape index (κ1) is 12.1. The lowest BCUT2D eigenvalue weighted by Gasteiger charge is -2.19. The second-order valence-corrected chi connectivity index (χ2v) is 3.89. The fraction of sp³-hybridized carbons (Fsp3) is 0.500. The third kappa shape index (κ3) is 3.61. The molecule has 1 aromatic carbocycles. The summed E-state index contributed by atoms with van der Waals surface area (Å²) in [5.41, 5.74) is 6.63. The Balaban J connectivity index is 2.58. The van der Waals surface area contributed by atoms with Crippen molar-refractivity contribution in [3.63, 3.8) is 0 Å². The van der Waals surface area contributed by atoms with Crippen molar-refractivity contribution in [3.05, 3.63) is 35.6 Å². The van der Waals surface area contributed by atoms with Crippen molar-refractivity contribution in [2.75, 3.05) is 13.7 Å². The van der Waals surface area contributed by atoms with Crippen LogP contribution in [0.2, 0.25) is 0 Å². The fourth-order valence-electron chi connectivity index (χ4n) is 1.51. The molecule has 84 valence electrons. The fourth-order valence-corrected chi connectivity index (χ4v) is 1.51. The summed E-state index contributed by atoms with van der Waals surface area (Å²) in [6.45, 7) is 2.62. The number of hydrogen-bond donors (Lipinski definition) is 1. The molecule has 0 heterocycles. The lowest BCUT2D eigenvalue weighted by atomic mass is 9.96. The molecule has 0 fully saturated rings. The van der Waals surface area contributed by atoms with Gasteiger partial charge in [0.15, 0.2) is 0 Å². The summed E-state index contributed by atoms with van der Waals surface area (Å²) in [5, 5.41) is 0. The third-order valence-corrected chi connectivity index (χ3v) is 2.57. The number of nitrogens with two attached hydrogens (primary N) is 1. The Bertz CT molecular complexity index is 303. The molecule has 0 amide bonds. The van der Waals surface area contributed by atoms with Crippen LogP contribution in [0.25, 0.3) is 0 Å². The highest BCUT2D eigenvalue weighted by Crippen LogP contribution is 2.12. The Morgan fingerprint density at radius 2 is 2.07 bits per heavy atom. The zero-order chi connectivity index (χ0) is 11.3. The van der Waals surface area contributed by atoms with Crippen molar-refractivity contribution < 1.29 is 9.13 Å². The minimum atomic E-state index is -0.183. The molecule has 15 heavy (non-hydrogen) atoms. The molecule has 3 heteroatoms. The monoisotopic (exact) mass is 211 g/mol. The van der Waals surface area contributed by atoms with Crippen LogP contribution in [0.5, 0.6) is 0 Å². The van der Waals surface area contributed by atoms with E-state index in [1.807, 2.05) is 13.0 Å². The Labute approximate surface area is 90.2 Å². The Kier molecular flexibility index (Phi) is 4.72. The van der Waals surface area contributed by atoms with Gasteiger partial charge in [0.2, 0.25) is 0 Å². The lowest BCUT2D eigenvalue weighted by molar-refractivity contribution is 0.147. The molecule has 2 unspecified atom stereocenters. The second-order valence-electron chi connectivity index (χ2n) is 3.89. The van der Waals surface area contributed by atoms with Crippen molar-refractivity contribution in [1.82, 2.24) is 0 Å². The summed E-state index contributed by atoms with van der Waals surface area (Å²) in [6.07, 6.45) is 0.553. The van der Waals surface area contributed by atoms with Gasteiger partial charge in [-0.05, 0) is 24.0 Å². The summed E-state index contributed by atoms with van der Waals surface area (Å²) in [7, 11) is 1.65. The van der Waals surface area contributed by atoms with Crippen LogP contribution in [0.4, 0.5) is 4.39 Å². The van der Waals surface area contributed by atoms with Gasteiger partial charge in [0.25, 0.3) is 0 Å². The van der Waals surface area contributed by atoms with Gasteiger partial charge in [-0.3, -0.25) is 0 Å². The van der Waals surface area contributed by atoms with E-state index in [0.29, 0.717) is 18.6 Å². The van der Waals surface area contributed by atoms with Gasteiger partial charge < -0.3 is 10.5 Å². The number of hydrogen-bond acceptors (Lipinski definition) is 2. The van der Waals surface area contributed by atoms with Crippen LogP contribution in [0.3, 0.4) is 0 Å². The highest BCUT2D eigenvalue weighted by Gasteiger charge is 2.14. The van der Waals surface area contributed by atoms with Crippen molar-refractivity contribution in [1.29, 1.82) is 0 Å². The second kappa shape index (κ2) is 5.83. The molecule has 0 saturated carbocycles. The van der Waals surface area contributed by atoms with Gasteiger partial charge in [-0.25, -0.2) is 4.39 Å². The smallest absolute Gasteiger partial charge is 0.126 e. The first-order valence-electron chi connectivity index (χ1n) is 5.13. The number of ether oxygens (including phenoxy) is 1. The molecule has 0 aliphatic carbocycles. The van der Waals surface area contributed by atoms with E-state index in [-0.39, 0.29) is 17.8 Å². The molecule has 2 N–H and O–H groups in total. The van der Waals surface area contributed by atoms with Gasteiger partial charge in [-0.15, -0.1) is 0 Å². The summed E-state index contributed by atoms with van der Waals surface area (Å²) in [4.78, 5) is 0. The molecule has 0 aliphatic rings. The van der Waals surface area contributed by atoms with Crippen LogP contribution in [-0.2, 0) is 11.2 Å². The average Bonchev–Trinajstić information content (AvgIpc) is 2.21. The maximum atomic E-state index is 13.3. The number of halogens is 1. The maximum Gasteiger partial charge on any atom is 0.126 e. The van der Waals surface area contributed by atoms with E-state index < -0.39 is 0 Å². The number of benzene rings is 1. The molecule has 0 bridgehead atoms. The van der Waals surface area contributed by atoms with Crippen molar-refractivity contribution in [2.45, 2.75) is 19.4 Å². The summed E-state index contributed by atoms with van der Waals surface area (Å²) >= 11 is 0. The summed E-state index contributed by atoms with van der Waals surface area (Å²) in [5.74, 6) is 0.0483. The predicted molar refractivity (Wildman–Crippen MR) is 59.1 cm³/mol. The summed E-state index contributed by atoms with van der Waals surface area (Å²) < 4.78 is 18.3. The Hall–Kier alpha value is -0.930. The quantitative estimate of drug-likeness (QED) is 0.808. The van der Waals surface area contributed by atoms with E-state index >= 15 is 0 Å². The van der Waals surface area contributed by atoms with E-state index in [2.05, 4.69) is 0 Å². The molecule has 0 saturated heterocycles. The van der Waals surface area contributed by atoms with Crippen LogP contribution < -0.4 is 5.73 Å². The highest BCUT2D eigenvalue weighted by atomic mass is 19.1. The van der Waals surface area contributed by atoms with Crippen LogP contribution in [0.1, 0.15) is 12.5 Å². The van der Waals surface area contributed by atoms with Gasteiger partial charge in [0, 0.05) is 13.2 Å². The largest absolute Gasteiger partial charge is 0.384 e. The SMILES string of the molecule is COCC(C)C(N)Cc1ccccc1F. The van der Waals surface area contributed by atoms with E-state index in [9.17, 15) is 4.39 Å². The molecule has 0 radical (unpaired) electrons. The topological polar surface area (TPSA) is 35.2 Å². The zero-order valence-electron chi connectivity index (χ0n) is 9.24. The van der Waals surface area contributed by atoms with Crippen molar-refractivity contribution >= 4 is 0 Å². The van der Waals surface area contributed by atoms with Gasteiger partial charge >= 0.3 is 0 Å². The summed E-state index contributed by atoms with van der Waals surface area (Å²) in [6, 6.07) is 6.68. The molecule has 1 rings (SSSR count). The van der Waals surface area contributed by atoms with Gasteiger partial charge in [-0.1, -0.05) is 25.1 Å². The minimum absolute atomic E-state index is 0.0677. The van der Waals surface area contributed by atoms with E-state index in [1.165, 1.54) is 6.07 Å². The average molecular weight is 211 g/mol. The first-order valence-corrected chi connectivity index (χ1v) is 5.13. The molecule has 0 aromatic heterocycles. The molecular weight excluding hydrogens is 193 g/mol. The first-order chi connectivity index (χ1) is 7.15. The molecule has 1 aromatic rings. The molecule has 2 nitrogen and oxygen atoms in total. The Morgan fingerprint density at radius 1 is 1.40 bits per heavy atom. The lowest BCUT2D eigenvalue weighted by Crippen LogP contribution is -2.33. The van der Waals surface area contributed by atoms with Crippen molar-refractivity contribution in [3.8, 4) is 0 Å². The van der Waals surface area contributed by atoms with E-state index in [1.54, 1.807) is 19.2 Å². The van der Waals surface area contributed by atoms with Crippen LogP contribution in [0.15, 0.2) is 24.3 Å². The van der Waals surface area contributed by atoms with Crippen LogP contribution in [0, 0.1) is 11.7 Å². The van der Waals surface area contributed by atoms with Crippen LogP contribution in [-0.4, -0.2) is 19.8 Å². The van der Waals surface area contributed by atoms with Gasteiger partial charge in [-0.2, -0.15) is 0 Å². The molecule has 0 aliphatic heterocycles. The van der Waals surface area contributed by atoms with Gasteiger partial charge in [0.05, 0.1) is 6.61 Å². The molecule has 0 spiro atoms. The molecule has 2 atom stereocenters.